The normalized spacial score (nSPS) is 11.6. The van der Waals surface area contributed by atoms with E-state index in [2.05, 4.69) is 19.1 Å². The molecule has 2 aromatic rings. The van der Waals surface area contributed by atoms with Crippen molar-refractivity contribution in [2.24, 2.45) is 0 Å². The zero-order valence-electron chi connectivity index (χ0n) is 15.7. The summed E-state index contributed by atoms with van der Waals surface area (Å²) in [6.07, 6.45) is 6.34. The number of unbranched alkanes of at least 4 members (excludes halogenated alkanes) is 3. The van der Waals surface area contributed by atoms with Gasteiger partial charge in [-0.1, -0.05) is 44.4 Å². The molecule has 0 radical (unpaired) electrons. The first-order chi connectivity index (χ1) is 12.9. The van der Waals surface area contributed by atoms with E-state index in [1.54, 1.807) is 12.1 Å². The quantitative estimate of drug-likeness (QED) is 0.219. The molecule has 0 heterocycles. The Labute approximate surface area is 177 Å². The molecule has 0 bridgehead atoms. The van der Waals surface area contributed by atoms with Gasteiger partial charge in [0.15, 0.2) is 0 Å². The fourth-order valence-corrected chi connectivity index (χ4v) is 4.78. The Balaban J connectivity index is 2.02. The number of rotatable bonds is 11. The van der Waals surface area contributed by atoms with Crippen LogP contribution in [0.15, 0.2) is 42.5 Å². The number of hydrogen-bond donors (Lipinski definition) is 1. The van der Waals surface area contributed by atoms with E-state index in [4.69, 9.17) is 38.0 Å². The zero-order chi connectivity index (χ0) is 19.7. The first-order valence-corrected chi connectivity index (χ1v) is 14.7. The molecule has 27 heavy (non-hydrogen) atoms. The van der Waals surface area contributed by atoms with Crippen molar-refractivity contribution >= 4 is 39.2 Å². The van der Waals surface area contributed by atoms with E-state index in [0.29, 0.717) is 6.04 Å². The van der Waals surface area contributed by atoms with Crippen LogP contribution in [-0.2, 0) is 6.42 Å². The van der Waals surface area contributed by atoms with Gasteiger partial charge >= 0.3 is 6.00 Å². The summed E-state index contributed by atoms with van der Waals surface area (Å²) in [5, 5.41) is 9.86. The lowest BCUT2D eigenvalue weighted by Gasteiger charge is -2.13. The van der Waals surface area contributed by atoms with E-state index >= 15 is 0 Å². The van der Waals surface area contributed by atoms with Gasteiger partial charge < -0.3 is 9.84 Å². The number of ether oxygens (including phenoxy) is 1. The predicted molar refractivity (Wildman–Crippen MR) is 120 cm³/mol. The van der Waals surface area contributed by atoms with E-state index in [9.17, 15) is 5.11 Å². The molecule has 1 N–H and O–H groups in total. The van der Waals surface area contributed by atoms with Crippen molar-refractivity contribution in [2.45, 2.75) is 51.5 Å². The number of aryl methyl sites for hydroxylation is 1. The van der Waals surface area contributed by atoms with Crippen LogP contribution in [0, 0.1) is 0 Å². The minimum atomic E-state index is -2.61. The first kappa shape index (κ1) is 22.4. The van der Waals surface area contributed by atoms with Crippen LogP contribution in [0.1, 0.15) is 44.6 Å². The van der Waals surface area contributed by atoms with Gasteiger partial charge in [0.1, 0.15) is 11.5 Å². The molecule has 0 aliphatic heterocycles. The molecule has 6 heteroatoms. The maximum Gasteiger partial charge on any atom is 0.341 e. The van der Waals surface area contributed by atoms with E-state index in [1.165, 1.54) is 19.3 Å². The Bertz CT molecular complexity index is 700. The molecule has 0 aliphatic carbocycles. The van der Waals surface area contributed by atoms with Gasteiger partial charge in [-0.25, -0.2) is 0 Å². The summed E-state index contributed by atoms with van der Waals surface area (Å²) < 4.78 is 5.82. The molecule has 0 saturated heterocycles. The summed E-state index contributed by atoms with van der Waals surface area (Å²) >= 11 is 17.9. The Morgan fingerprint density at radius 1 is 0.926 bits per heavy atom. The van der Waals surface area contributed by atoms with Crippen LogP contribution in [0.2, 0.25) is 6.04 Å². The van der Waals surface area contributed by atoms with Crippen LogP contribution in [0.4, 0.5) is 0 Å². The summed E-state index contributed by atoms with van der Waals surface area (Å²) in [6.45, 7) is 2.96. The van der Waals surface area contributed by atoms with Crippen LogP contribution >= 0.6 is 33.2 Å². The molecule has 2 aromatic carbocycles. The fraction of sp³-hybridized carbons (Fsp3) is 0.429. The molecule has 148 valence electrons. The van der Waals surface area contributed by atoms with Crippen molar-refractivity contribution < 1.29 is 9.84 Å². The third-order valence-corrected chi connectivity index (χ3v) is 7.05. The maximum atomic E-state index is 9.86. The summed E-state index contributed by atoms with van der Waals surface area (Å²) in [5.41, 5.74) is 3.24. The average molecular weight is 446 g/mol. The molecule has 0 atom stereocenters. The summed E-state index contributed by atoms with van der Waals surface area (Å²) in [7, 11) is 0. The van der Waals surface area contributed by atoms with Crippen LogP contribution < -0.4 is 4.74 Å². The monoisotopic (exact) mass is 444 g/mol. The second kappa shape index (κ2) is 11.2. The number of hydrogen-bond acceptors (Lipinski definition) is 2. The topological polar surface area (TPSA) is 29.5 Å². The highest BCUT2D eigenvalue weighted by Gasteiger charge is 2.24. The molecular weight excluding hydrogens is 419 g/mol. The van der Waals surface area contributed by atoms with E-state index < -0.39 is 6.00 Å². The molecule has 0 unspecified atom stereocenters. The van der Waals surface area contributed by atoms with Gasteiger partial charge in [-0.05, 0) is 66.3 Å². The molecule has 0 fully saturated rings. The largest absolute Gasteiger partial charge is 0.508 e. The van der Waals surface area contributed by atoms with Crippen LogP contribution in [0.5, 0.6) is 11.5 Å². The summed E-state index contributed by atoms with van der Waals surface area (Å²) in [4.78, 5) is 0. The van der Waals surface area contributed by atoms with Crippen LogP contribution in [0.3, 0.4) is 0 Å². The van der Waals surface area contributed by atoms with Gasteiger partial charge in [-0.15, -0.1) is 33.2 Å². The lowest BCUT2D eigenvalue weighted by molar-refractivity contribution is 0.305. The first-order valence-electron chi connectivity index (χ1n) is 9.51. The highest BCUT2D eigenvalue weighted by atomic mass is 35.8. The highest BCUT2D eigenvalue weighted by molar-refractivity contribution is 7.64. The lowest BCUT2D eigenvalue weighted by Crippen LogP contribution is -2.08. The third-order valence-electron chi connectivity index (χ3n) is 4.43. The van der Waals surface area contributed by atoms with Crippen molar-refractivity contribution in [3.05, 3.63) is 48.0 Å². The molecular formula is C21H27Cl3O2Si. The average Bonchev–Trinajstić information content (AvgIpc) is 2.61. The molecule has 0 saturated carbocycles. The van der Waals surface area contributed by atoms with Gasteiger partial charge in [0.05, 0.1) is 6.61 Å². The van der Waals surface area contributed by atoms with Gasteiger partial charge in [0, 0.05) is 0 Å². The van der Waals surface area contributed by atoms with Crippen molar-refractivity contribution in [1.82, 2.24) is 0 Å². The molecule has 0 aromatic heterocycles. The Kier molecular flexibility index (Phi) is 9.30. The number of aromatic hydroxyl groups is 1. The minimum Gasteiger partial charge on any atom is -0.508 e. The Morgan fingerprint density at radius 2 is 1.67 bits per heavy atom. The standard InChI is InChI=1S/C21H27Cl3O2Si/c1-2-3-4-5-14-26-20-11-8-17(9-12-20)21-13-10-19(25)16-18(21)7-6-15-27(22,23)24/h8-13,16,25H,2-7,14-15H2,1H3. The summed E-state index contributed by atoms with van der Waals surface area (Å²) in [5.74, 6) is 1.14. The molecule has 2 rings (SSSR count). The third kappa shape index (κ3) is 8.35. The van der Waals surface area contributed by atoms with Gasteiger partial charge in [-0.3, -0.25) is 0 Å². The van der Waals surface area contributed by atoms with Crippen molar-refractivity contribution in [2.75, 3.05) is 6.61 Å². The minimum absolute atomic E-state index is 0.256. The van der Waals surface area contributed by atoms with Gasteiger partial charge in [0.25, 0.3) is 0 Å². The fourth-order valence-electron chi connectivity index (χ4n) is 3.00. The Hall–Kier alpha value is -0.873. The molecule has 0 amide bonds. The number of phenols is 1. The number of phenolic OH excluding ortho intramolecular Hbond substituents is 1. The zero-order valence-corrected chi connectivity index (χ0v) is 19.0. The maximum absolute atomic E-state index is 9.86. The van der Waals surface area contributed by atoms with Crippen molar-refractivity contribution in [3.63, 3.8) is 0 Å². The van der Waals surface area contributed by atoms with Crippen LogP contribution in [0.25, 0.3) is 11.1 Å². The van der Waals surface area contributed by atoms with Crippen LogP contribution in [-0.4, -0.2) is 17.7 Å². The lowest BCUT2D eigenvalue weighted by atomic mass is 9.96. The number of halogens is 3. The highest BCUT2D eigenvalue weighted by Crippen LogP contribution is 2.32. The Morgan fingerprint density at radius 3 is 2.33 bits per heavy atom. The molecule has 0 aliphatic rings. The smallest absolute Gasteiger partial charge is 0.341 e. The van der Waals surface area contributed by atoms with Crippen molar-refractivity contribution in [3.8, 4) is 22.6 Å². The van der Waals surface area contributed by atoms with Gasteiger partial charge in [0.2, 0.25) is 0 Å². The second-order valence-corrected chi connectivity index (χ2v) is 16.0. The summed E-state index contributed by atoms with van der Waals surface area (Å²) in [6, 6.07) is 11.6. The molecule has 2 nitrogen and oxygen atoms in total. The van der Waals surface area contributed by atoms with Crippen molar-refractivity contribution in [1.29, 1.82) is 0 Å². The molecule has 0 spiro atoms. The SMILES string of the molecule is CCCCCCOc1ccc(-c2ccc(O)cc2CCC[Si](Cl)(Cl)Cl)cc1. The predicted octanol–water partition coefficient (Wildman–Crippen LogP) is 7.61. The number of benzene rings is 2. The second-order valence-electron chi connectivity index (χ2n) is 6.74. The van der Waals surface area contributed by atoms with E-state index in [-0.39, 0.29) is 5.75 Å². The van der Waals surface area contributed by atoms with E-state index in [1.807, 2.05) is 18.2 Å². The van der Waals surface area contributed by atoms with Gasteiger partial charge in [-0.2, -0.15) is 0 Å². The van der Waals surface area contributed by atoms with E-state index in [0.717, 1.165) is 48.3 Å².